The summed E-state index contributed by atoms with van der Waals surface area (Å²) in [5, 5.41) is 11.2. The maximum Gasteiger partial charge on any atom is 0.356 e. The molecule has 0 saturated carbocycles. The number of aromatic nitrogens is 1. The van der Waals surface area contributed by atoms with E-state index in [0.29, 0.717) is 0 Å². The molecule has 2 N–H and O–H groups in total. The fraction of sp³-hybridized carbons (Fsp3) is 0. The summed E-state index contributed by atoms with van der Waals surface area (Å²) in [6.07, 6.45) is 0. The van der Waals surface area contributed by atoms with Gasteiger partial charge in [-0.05, 0) is 24.3 Å². The Morgan fingerprint density at radius 2 is 1.84 bits per heavy atom. The van der Waals surface area contributed by atoms with Crippen LogP contribution in [0.1, 0.15) is 10.5 Å². The molecule has 0 aliphatic carbocycles. The van der Waals surface area contributed by atoms with Crippen molar-refractivity contribution in [3.05, 3.63) is 52.7 Å². The van der Waals surface area contributed by atoms with Crippen molar-refractivity contribution in [2.75, 3.05) is 5.32 Å². The van der Waals surface area contributed by atoms with E-state index in [2.05, 4.69) is 10.3 Å². The number of aromatic carboxylic acids is 1. The van der Waals surface area contributed by atoms with E-state index in [-0.39, 0.29) is 10.8 Å². The Kier molecular flexibility index (Phi) is 3.62. The van der Waals surface area contributed by atoms with Crippen LogP contribution >= 0.6 is 11.6 Å². The molecule has 98 valence electrons. The van der Waals surface area contributed by atoms with E-state index in [1.165, 1.54) is 18.2 Å². The minimum atomic E-state index is -1.33. The van der Waals surface area contributed by atoms with Gasteiger partial charge in [-0.1, -0.05) is 17.7 Å². The van der Waals surface area contributed by atoms with Crippen molar-refractivity contribution >= 4 is 29.1 Å². The zero-order chi connectivity index (χ0) is 14.0. The lowest BCUT2D eigenvalue weighted by Gasteiger charge is -2.08. The van der Waals surface area contributed by atoms with Crippen LogP contribution in [0.2, 0.25) is 5.02 Å². The second-order valence-electron chi connectivity index (χ2n) is 3.55. The summed E-state index contributed by atoms with van der Waals surface area (Å²) in [5.41, 5.74) is -0.808. The standard InChI is InChI=1S/C12H7ClF2N2O2/c13-6-4-5-9(16-10(6)12(18)19)17-11-7(14)2-1-3-8(11)15/h1-5H,(H,16,17)(H,18,19). The number of hydrogen-bond donors (Lipinski definition) is 2. The fourth-order valence-electron chi connectivity index (χ4n) is 1.41. The topological polar surface area (TPSA) is 62.2 Å². The van der Waals surface area contributed by atoms with Crippen molar-refractivity contribution in [3.8, 4) is 0 Å². The summed E-state index contributed by atoms with van der Waals surface area (Å²) in [4.78, 5) is 14.5. The highest BCUT2D eigenvalue weighted by atomic mass is 35.5. The molecular formula is C12H7ClF2N2O2. The highest BCUT2D eigenvalue weighted by molar-refractivity contribution is 6.33. The Morgan fingerprint density at radius 1 is 1.21 bits per heavy atom. The van der Waals surface area contributed by atoms with Crippen LogP contribution in [0.3, 0.4) is 0 Å². The van der Waals surface area contributed by atoms with Crippen LogP contribution < -0.4 is 5.32 Å². The first-order valence-electron chi connectivity index (χ1n) is 5.10. The zero-order valence-electron chi connectivity index (χ0n) is 9.32. The third kappa shape index (κ3) is 2.79. The van der Waals surface area contributed by atoms with E-state index in [9.17, 15) is 13.6 Å². The van der Waals surface area contributed by atoms with Gasteiger partial charge in [0.1, 0.15) is 23.1 Å². The first-order valence-corrected chi connectivity index (χ1v) is 5.47. The Hall–Kier alpha value is -2.21. The van der Waals surface area contributed by atoms with Gasteiger partial charge in [-0.15, -0.1) is 0 Å². The predicted molar refractivity (Wildman–Crippen MR) is 65.8 cm³/mol. The van der Waals surface area contributed by atoms with Crippen LogP contribution in [0, 0.1) is 11.6 Å². The molecule has 1 aromatic carbocycles. The Labute approximate surface area is 111 Å². The molecule has 7 heteroatoms. The van der Waals surface area contributed by atoms with Crippen LogP contribution in [0.25, 0.3) is 0 Å². The maximum atomic E-state index is 13.4. The number of nitrogens with zero attached hydrogens (tertiary/aromatic N) is 1. The lowest BCUT2D eigenvalue weighted by atomic mass is 10.3. The quantitative estimate of drug-likeness (QED) is 0.906. The monoisotopic (exact) mass is 284 g/mol. The smallest absolute Gasteiger partial charge is 0.356 e. The Bertz CT molecular complexity index is 629. The molecule has 0 atom stereocenters. The predicted octanol–water partition coefficient (Wildman–Crippen LogP) is 3.46. The average molecular weight is 285 g/mol. The summed E-state index contributed by atoms with van der Waals surface area (Å²) in [6, 6.07) is 5.95. The van der Waals surface area contributed by atoms with Gasteiger partial charge in [0.25, 0.3) is 0 Å². The van der Waals surface area contributed by atoms with E-state index in [0.717, 1.165) is 12.1 Å². The van der Waals surface area contributed by atoms with Crippen LogP contribution in [-0.2, 0) is 0 Å². The number of hydrogen-bond acceptors (Lipinski definition) is 3. The van der Waals surface area contributed by atoms with Gasteiger partial charge >= 0.3 is 5.97 Å². The molecule has 0 aliphatic heterocycles. The lowest BCUT2D eigenvalue weighted by Crippen LogP contribution is -2.05. The number of carboxylic acids is 1. The molecular weight excluding hydrogens is 278 g/mol. The van der Waals surface area contributed by atoms with E-state index in [1.807, 2.05) is 0 Å². The number of para-hydroxylation sites is 1. The summed E-state index contributed by atoms with van der Waals surface area (Å²) >= 11 is 5.64. The number of benzene rings is 1. The van der Waals surface area contributed by atoms with E-state index >= 15 is 0 Å². The van der Waals surface area contributed by atoms with Crippen molar-refractivity contribution in [2.24, 2.45) is 0 Å². The van der Waals surface area contributed by atoms with Crippen LogP contribution in [-0.4, -0.2) is 16.1 Å². The molecule has 0 spiro atoms. The number of anilines is 2. The second-order valence-corrected chi connectivity index (χ2v) is 3.96. The molecule has 0 radical (unpaired) electrons. The highest BCUT2D eigenvalue weighted by Gasteiger charge is 2.14. The molecule has 0 saturated heterocycles. The van der Waals surface area contributed by atoms with Crippen LogP contribution in [0.5, 0.6) is 0 Å². The van der Waals surface area contributed by atoms with Crippen LogP contribution in [0.15, 0.2) is 30.3 Å². The normalized spacial score (nSPS) is 10.3. The van der Waals surface area contributed by atoms with Gasteiger partial charge in [0, 0.05) is 0 Å². The molecule has 0 bridgehead atoms. The molecule has 2 aromatic rings. The first kappa shape index (κ1) is 13.2. The average Bonchev–Trinajstić information content (AvgIpc) is 2.35. The summed E-state index contributed by atoms with van der Waals surface area (Å²) in [6.45, 7) is 0. The minimum absolute atomic E-state index is 0.0224. The molecule has 0 unspecified atom stereocenters. The van der Waals surface area contributed by atoms with Gasteiger partial charge in [-0.2, -0.15) is 0 Å². The number of carbonyl (C=O) groups is 1. The number of carboxylic acid groups (broad SMARTS) is 1. The van der Waals surface area contributed by atoms with Gasteiger partial charge in [-0.3, -0.25) is 0 Å². The third-order valence-electron chi connectivity index (χ3n) is 2.26. The Balaban J connectivity index is 2.39. The lowest BCUT2D eigenvalue weighted by molar-refractivity contribution is 0.0691. The molecule has 4 nitrogen and oxygen atoms in total. The molecule has 19 heavy (non-hydrogen) atoms. The Morgan fingerprint density at radius 3 is 2.42 bits per heavy atom. The van der Waals surface area contributed by atoms with Gasteiger partial charge in [0.15, 0.2) is 5.69 Å². The number of pyridine rings is 1. The zero-order valence-corrected chi connectivity index (χ0v) is 10.1. The van der Waals surface area contributed by atoms with Crippen molar-refractivity contribution in [2.45, 2.75) is 0 Å². The van der Waals surface area contributed by atoms with Crippen molar-refractivity contribution in [1.29, 1.82) is 0 Å². The van der Waals surface area contributed by atoms with Crippen molar-refractivity contribution in [3.63, 3.8) is 0 Å². The van der Waals surface area contributed by atoms with E-state index < -0.39 is 29.0 Å². The summed E-state index contributed by atoms with van der Waals surface area (Å²) in [7, 11) is 0. The molecule has 0 fully saturated rings. The number of rotatable bonds is 3. The highest BCUT2D eigenvalue weighted by Crippen LogP contribution is 2.24. The summed E-state index contributed by atoms with van der Waals surface area (Å²) < 4.78 is 26.8. The van der Waals surface area contributed by atoms with Gasteiger partial charge in [0.05, 0.1) is 5.02 Å². The van der Waals surface area contributed by atoms with Crippen molar-refractivity contribution < 1.29 is 18.7 Å². The number of nitrogens with one attached hydrogen (secondary N) is 1. The SMILES string of the molecule is O=C(O)c1nc(Nc2c(F)cccc2F)ccc1Cl. The molecule has 0 amide bonds. The largest absolute Gasteiger partial charge is 0.476 e. The van der Waals surface area contributed by atoms with Crippen molar-refractivity contribution in [1.82, 2.24) is 4.98 Å². The van der Waals surface area contributed by atoms with Gasteiger partial charge in [0.2, 0.25) is 0 Å². The van der Waals surface area contributed by atoms with Crippen LogP contribution in [0.4, 0.5) is 20.3 Å². The van der Waals surface area contributed by atoms with E-state index in [4.69, 9.17) is 16.7 Å². The van der Waals surface area contributed by atoms with E-state index in [1.54, 1.807) is 0 Å². The van der Waals surface area contributed by atoms with Gasteiger partial charge in [-0.25, -0.2) is 18.6 Å². The number of halogens is 3. The fourth-order valence-corrected chi connectivity index (χ4v) is 1.59. The minimum Gasteiger partial charge on any atom is -0.476 e. The van der Waals surface area contributed by atoms with Gasteiger partial charge < -0.3 is 10.4 Å². The third-order valence-corrected chi connectivity index (χ3v) is 2.57. The molecule has 1 heterocycles. The first-order chi connectivity index (χ1) is 8.99. The second kappa shape index (κ2) is 5.19. The maximum absolute atomic E-state index is 13.4. The molecule has 1 aromatic heterocycles. The molecule has 0 aliphatic rings. The summed E-state index contributed by atoms with van der Waals surface area (Å²) in [5.74, 6) is -2.98. The molecule has 2 rings (SSSR count).